The van der Waals surface area contributed by atoms with Gasteiger partial charge in [-0.3, -0.25) is 4.79 Å². The molecule has 2 nitrogen and oxygen atoms in total. The second-order valence-corrected chi connectivity index (χ2v) is 6.56. The van der Waals surface area contributed by atoms with Crippen LogP contribution in [0.5, 0.6) is 0 Å². The van der Waals surface area contributed by atoms with Crippen LogP contribution in [-0.2, 0) is 4.79 Å². The fourth-order valence-electron chi connectivity index (χ4n) is 3.11. The Balaban J connectivity index is 2.90. The lowest BCUT2D eigenvalue weighted by molar-refractivity contribution is -0.130. The first-order chi connectivity index (χ1) is 7.82. The Labute approximate surface area is 106 Å². The van der Waals surface area contributed by atoms with Gasteiger partial charge < -0.3 is 4.90 Å². The maximum atomic E-state index is 12.1. The van der Waals surface area contributed by atoms with E-state index in [1.165, 1.54) is 12.8 Å². The molecule has 0 saturated carbocycles. The van der Waals surface area contributed by atoms with E-state index in [4.69, 9.17) is 0 Å². The minimum absolute atomic E-state index is 0.0907. The highest BCUT2D eigenvalue weighted by Crippen LogP contribution is 2.42. The zero-order valence-corrected chi connectivity index (χ0v) is 11.9. The third-order valence-electron chi connectivity index (χ3n) is 4.11. The van der Waals surface area contributed by atoms with Crippen LogP contribution in [0, 0.1) is 10.8 Å². The van der Waals surface area contributed by atoms with E-state index in [1.54, 1.807) is 11.1 Å². The van der Waals surface area contributed by atoms with Crippen LogP contribution >= 0.6 is 0 Å². The first kappa shape index (κ1) is 14.3. The predicted octanol–water partition coefficient (Wildman–Crippen LogP) is 3.98. The Bertz CT molecular complexity index is 295. The standard InChI is InChI=1S/C15H27NO/c1-6-15(5)9-8-10-16(7-2)13(17)11-14(3,4)12-15/h7H,2,6,8-12H2,1,3-5H3. The summed E-state index contributed by atoms with van der Waals surface area (Å²) in [6.45, 7) is 13.6. The predicted molar refractivity (Wildman–Crippen MR) is 72.6 cm³/mol. The van der Waals surface area contributed by atoms with Crippen molar-refractivity contribution in [3.63, 3.8) is 0 Å². The Morgan fingerprint density at radius 1 is 1.41 bits per heavy atom. The van der Waals surface area contributed by atoms with Gasteiger partial charge in [-0.05, 0) is 36.3 Å². The fraction of sp³-hybridized carbons (Fsp3) is 0.800. The SMILES string of the molecule is C=CN1CCCC(C)(CC)CC(C)(C)CC1=O. The number of carbonyl (C=O) groups is 1. The van der Waals surface area contributed by atoms with Crippen molar-refractivity contribution in [1.29, 1.82) is 0 Å². The molecule has 1 amide bonds. The monoisotopic (exact) mass is 237 g/mol. The third kappa shape index (κ3) is 3.86. The fourth-order valence-corrected chi connectivity index (χ4v) is 3.11. The van der Waals surface area contributed by atoms with Crippen molar-refractivity contribution in [2.45, 2.75) is 59.8 Å². The smallest absolute Gasteiger partial charge is 0.227 e. The van der Waals surface area contributed by atoms with Crippen molar-refractivity contribution in [2.24, 2.45) is 10.8 Å². The van der Waals surface area contributed by atoms with Crippen LogP contribution in [0.1, 0.15) is 59.8 Å². The van der Waals surface area contributed by atoms with Gasteiger partial charge in [-0.25, -0.2) is 0 Å². The highest BCUT2D eigenvalue weighted by Gasteiger charge is 2.34. The van der Waals surface area contributed by atoms with Crippen molar-refractivity contribution >= 4 is 5.91 Å². The summed E-state index contributed by atoms with van der Waals surface area (Å²) in [6.07, 6.45) is 6.93. The van der Waals surface area contributed by atoms with Gasteiger partial charge >= 0.3 is 0 Å². The molecule has 1 rings (SSSR count). The van der Waals surface area contributed by atoms with E-state index >= 15 is 0 Å². The molecule has 1 aliphatic rings. The molecule has 0 aromatic heterocycles. The number of rotatable bonds is 2. The molecule has 1 heterocycles. The molecule has 0 N–H and O–H groups in total. The lowest BCUT2D eigenvalue weighted by Gasteiger charge is -2.36. The molecule has 1 atom stereocenters. The highest BCUT2D eigenvalue weighted by atomic mass is 16.2. The Hall–Kier alpha value is -0.790. The van der Waals surface area contributed by atoms with Crippen LogP contribution in [0.25, 0.3) is 0 Å². The molecule has 1 unspecified atom stereocenters. The van der Waals surface area contributed by atoms with Gasteiger partial charge in [0.1, 0.15) is 0 Å². The number of carbonyl (C=O) groups excluding carboxylic acids is 1. The topological polar surface area (TPSA) is 20.3 Å². The quantitative estimate of drug-likeness (QED) is 0.711. The second kappa shape index (κ2) is 5.24. The van der Waals surface area contributed by atoms with Gasteiger partial charge in [0.05, 0.1) is 0 Å². The lowest BCUT2D eigenvalue weighted by Crippen LogP contribution is -2.30. The Morgan fingerprint density at radius 3 is 2.59 bits per heavy atom. The summed E-state index contributed by atoms with van der Waals surface area (Å²) in [4.78, 5) is 13.9. The van der Waals surface area contributed by atoms with Gasteiger partial charge in [0.15, 0.2) is 0 Å². The molecule has 17 heavy (non-hydrogen) atoms. The van der Waals surface area contributed by atoms with Gasteiger partial charge in [-0.1, -0.05) is 40.7 Å². The molecule has 98 valence electrons. The Morgan fingerprint density at radius 2 is 2.06 bits per heavy atom. The van der Waals surface area contributed by atoms with Crippen LogP contribution in [0.4, 0.5) is 0 Å². The van der Waals surface area contributed by atoms with E-state index in [9.17, 15) is 4.79 Å². The van der Waals surface area contributed by atoms with E-state index in [0.29, 0.717) is 11.8 Å². The molecule has 0 aromatic rings. The zero-order chi connectivity index (χ0) is 13.1. The molecular weight excluding hydrogens is 210 g/mol. The first-order valence-corrected chi connectivity index (χ1v) is 6.74. The molecular formula is C15H27NO. The molecule has 1 fully saturated rings. The van der Waals surface area contributed by atoms with Crippen molar-refractivity contribution in [3.8, 4) is 0 Å². The van der Waals surface area contributed by atoms with Gasteiger partial charge in [0, 0.05) is 13.0 Å². The summed E-state index contributed by atoms with van der Waals surface area (Å²) in [5.74, 6) is 0.227. The molecule has 0 radical (unpaired) electrons. The minimum atomic E-state index is 0.0907. The van der Waals surface area contributed by atoms with E-state index in [0.717, 1.165) is 19.4 Å². The molecule has 1 aliphatic heterocycles. The van der Waals surface area contributed by atoms with E-state index < -0.39 is 0 Å². The number of hydrogen-bond acceptors (Lipinski definition) is 1. The van der Waals surface area contributed by atoms with Crippen molar-refractivity contribution in [2.75, 3.05) is 6.54 Å². The summed E-state index contributed by atoms with van der Waals surface area (Å²) in [5.41, 5.74) is 0.467. The molecule has 0 bridgehead atoms. The van der Waals surface area contributed by atoms with Gasteiger partial charge in [0.25, 0.3) is 0 Å². The zero-order valence-electron chi connectivity index (χ0n) is 11.9. The average molecular weight is 237 g/mol. The van der Waals surface area contributed by atoms with Gasteiger partial charge in [0.2, 0.25) is 5.91 Å². The number of amides is 1. The molecule has 0 spiro atoms. The van der Waals surface area contributed by atoms with Crippen LogP contribution in [-0.4, -0.2) is 17.4 Å². The molecule has 0 aromatic carbocycles. The maximum Gasteiger partial charge on any atom is 0.227 e. The summed E-state index contributed by atoms with van der Waals surface area (Å²) < 4.78 is 0. The van der Waals surface area contributed by atoms with Gasteiger partial charge in [-0.15, -0.1) is 0 Å². The van der Waals surface area contributed by atoms with Crippen molar-refractivity contribution < 1.29 is 4.79 Å². The van der Waals surface area contributed by atoms with Crippen molar-refractivity contribution in [3.05, 3.63) is 12.8 Å². The normalized spacial score (nSPS) is 30.4. The maximum absolute atomic E-state index is 12.1. The van der Waals surface area contributed by atoms with E-state index in [-0.39, 0.29) is 11.3 Å². The van der Waals surface area contributed by atoms with E-state index in [1.807, 2.05) is 0 Å². The van der Waals surface area contributed by atoms with Crippen molar-refractivity contribution in [1.82, 2.24) is 4.90 Å². The summed E-state index contributed by atoms with van der Waals surface area (Å²) in [6, 6.07) is 0. The second-order valence-electron chi connectivity index (χ2n) is 6.56. The number of nitrogens with zero attached hydrogens (tertiary/aromatic N) is 1. The molecule has 1 saturated heterocycles. The largest absolute Gasteiger partial charge is 0.320 e. The van der Waals surface area contributed by atoms with Crippen LogP contribution in [0.3, 0.4) is 0 Å². The minimum Gasteiger partial charge on any atom is -0.320 e. The molecule has 2 heteroatoms. The molecule has 0 aliphatic carbocycles. The first-order valence-electron chi connectivity index (χ1n) is 6.74. The summed E-state index contributed by atoms with van der Waals surface area (Å²) in [7, 11) is 0. The van der Waals surface area contributed by atoms with Crippen LogP contribution in [0.2, 0.25) is 0 Å². The highest BCUT2D eigenvalue weighted by molar-refractivity contribution is 5.77. The summed E-state index contributed by atoms with van der Waals surface area (Å²) in [5, 5.41) is 0. The Kier molecular flexibility index (Phi) is 4.40. The van der Waals surface area contributed by atoms with Crippen LogP contribution < -0.4 is 0 Å². The average Bonchev–Trinajstić information content (AvgIpc) is 2.25. The van der Waals surface area contributed by atoms with Crippen LogP contribution in [0.15, 0.2) is 12.8 Å². The lowest BCUT2D eigenvalue weighted by atomic mass is 9.69. The van der Waals surface area contributed by atoms with E-state index in [2.05, 4.69) is 34.3 Å². The summed E-state index contributed by atoms with van der Waals surface area (Å²) >= 11 is 0. The van der Waals surface area contributed by atoms with Gasteiger partial charge in [-0.2, -0.15) is 0 Å². The third-order valence-corrected chi connectivity index (χ3v) is 4.11. The number of hydrogen-bond donors (Lipinski definition) is 0.